The topological polar surface area (TPSA) is 93.0 Å². The van der Waals surface area contributed by atoms with Crippen molar-refractivity contribution in [3.63, 3.8) is 0 Å². The Labute approximate surface area is 174 Å². The average Bonchev–Trinajstić information content (AvgIpc) is 3.36. The summed E-state index contributed by atoms with van der Waals surface area (Å²) in [5.41, 5.74) is 3.25. The smallest absolute Gasteiger partial charge is 0.200 e. The molecule has 0 spiro atoms. The Balaban J connectivity index is 1.72. The summed E-state index contributed by atoms with van der Waals surface area (Å²) in [6, 6.07) is 8.55. The van der Waals surface area contributed by atoms with Crippen molar-refractivity contribution in [3.8, 4) is 22.8 Å². The van der Waals surface area contributed by atoms with Crippen molar-refractivity contribution in [3.05, 3.63) is 60.1 Å². The molecule has 0 saturated carbocycles. The van der Waals surface area contributed by atoms with Gasteiger partial charge in [-0.25, -0.2) is 8.78 Å². The van der Waals surface area contributed by atoms with Gasteiger partial charge >= 0.3 is 0 Å². The second-order valence-electron chi connectivity index (χ2n) is 6.94. The van der Waals surface area contributed by atoms with Crippen LogP contribution in [-0.2, 0) is 0 Å². The molecule has 3 aromatic heterocycles. The van der Waals surface area contributed by atoms with E-state index in [-0.39, 0.29) is 5.75 Å². The number of aryl methyl sites for hydroxylation is 1. The third kappa shape index (κ3) is 3.31. The monoisotopic (exact) mass is 421 g/mol. The molecule has 0 atom stereocenters. The number of H-pyrrole nitrogens is 1. The number of hydrogen-bond acceptors (Lipinski definition) is 6. The van der Waals surface area contributed by atoms with Gasteiger partial charge in [0, 0.05) is 23.6 Å². The fourth-order valence-electron chi connectivity index (χ4n) is 3.37. The summed E-state index contributed by atoms with van der Waals surface area (Å²) in [4.78, 5) is 0. The first-order valence-corrected chi connectivity index (χ1v) is 9.61. The van der Waals surface area contributed by atoms with E-state index in [4.69, 9.17) is 4.74 Å². The van der Waals surface area contributed by atoms with Gasteiger partial charge in [0.25, 0.3) is 0 Å². The van der Waals surface area contributed by atoms with Crippen LogP contribution in [0.15, 0.2) is 42.6 Å². The minimum atomic E-state index is -0.801. The molecule has 0 unspecified atom stereocenters. The Hall–Kier alpha value is -4.08. The van der Waals surface area contributed by atoms with Crippen molar-refractivity contribution in [1.29, 1.82) is 0 Å². The minimum absolute atomic E-state index is 0.0982. The molecule has 0 aliphatic carbocycles. The van der Waals surface area contributed by atoms with E-state index in [1.165, 1.54) is 6.07 Å². The van der Waals surface area contributed by atoms with E-state index in [1.54, 1.807) is 23.7 Å². The lowest BCUT2D eigenvalue weighted by Crippen LogP contribution is -2.04. The van der Waals surface area contributed by atoms with Gasteiger partial charge in [0.05, 0.1) is 23.1 Å². The molecule has 3 heterocycles. The molecule has 5 aromatic rings. The van der Waals surface area contributed by atoms with E-state index in [2.05, 4.69) is 30.8 Å². The molecule has 2 N–H and O–H groups in total. The molecule has 0 saturated heterocycles. The number of ether oxygens (including phenoxy) is 1. The molecule has 0 radical (unpaired) electrons. The van der Waals surface area contributed by atoms with Crippen molar-refractivity contribution in [2.24, 2.45) is 0 Å². The van der Waals surface area contributed by atoms with E-state index in [0.29, 0.717) is 35.0 Å². The third-order valence-electron chi connectivity index (χ3n) is 4.82. The highest BCUT2D eigenvalue weighted by atomic mass is 19.1. The van der Waals surface area contributed by atoms with Gasteiger partial charge in [-0.15, -0.1) is 10.2 Å². The van der Waals surface area contributed by atoms with Crippen molar-refractivity contribution >= 4 is 22.2 Å². The predicted molar refractivity (Wildman–Crippen MR) is 111 cm³/mol. The summed E-state index contributed by atoms with van der Waals surface area (Å²) in [6.45, 7) is 4.45. The van der Waals surface area contributed by atoms with Crippen LogP contribution in [0, 0.1) is 18.6 Å². The molecular formula is C21H17F2N7O. The number of halogens is 2. The zero-order chi connectivity index (χ0) is 21.5. The van der Waals surface area contributed by atoms with Gasteiger partial charge in [-0.2, -0.15) is 14.7 Å². The number of rotatable bonds is 5. The number of benzene rings is 2. The Morgan fingerprint density at radius 1 is 1.10 bits per heavy atom. The lowest BCUT2D eigenvalue weighted by atomic mass is 10.1. The zero-order valence-electron chi connectivity index (χ0n) is 16.6. The van der Waals surface area contributed by atoms with Crippen LogP contribution < -0.4 is 10.1 Å². The molecular weight excluding hydrogens is 404 g/mol. The van der Waals surface area contributed by atoms with Crippen LogP contribution in [-0.4, -0.2) is 36.6 Å². The van der Waals surface area contributed by atoms with Gasteiger partial charge in [-0.3, -0.25) is 5.10 Å². The molecule has 156 valence electrons. The highest BCUT2D eigenvalue weighted by molar-refractivity contribution is 5.88. The molecule has 0 bridgehead atoms. The molecule has 5 rings (SSSR count). The Bertz CT molecular complexity index is 1430. The molecule has 8 nitrogen and oxygen atoms in total. The molecule has 0 aliphatic heterocycles. The van der Waals surface area contributed by atoms with E-state index >= 15 is 0 Å². The largest absolute Gasteiger partial charge is 0.454 e. The predicted octanol–water partition coefficient (Wildman–Crippen LogP) is 4.48. The SMILES string of the molecule is CCNc1cc(-c2cc3[nH]ncc3cc2Oc2ccc(F)cc2F)nn2c(C)nnc12. The number of hydrogen-bond donors (Lipinski definition) is 2. The van der Waals surface area contributed by atoms with Gasteiger partial charge in [0.1, 0.15) is 11.6 Å². The normalized spacial score (nSPS) is 11.4. The van der Waals surface area contributed by atoms with Crippen molar-refractivity contribution < 1.29 is 13.5 Å². The van der Waals surface area contributed by atoms with Crippen molar-refractivity contribution in [2.75, 3.05) is 11.9 Å². The number of anilines is 1. The van der Waals surface area contributed by atoms with E-state index in [9.17, 15) is 8.78 Å². The van der Waals surface area contributed by atoms with Crippen LogP contribution >= 0.6 is 0 Å². The quantitative estimate of drug-likeness (QED) is 0.435. The Morgan fingerprint density at radius 3 is 2.77 bits per heavy atom. The third-order valence-corrected chi connectivity index (χ3v) is 4.82. The zero-order valence-corrected chi connectivity index (χ0v) is 16.6. The molecule has 0 fully saturated rings. The average molecular weight is 421 g/mol. The van der Waals surface area contributed by atoms with Crippen molar-refractivity contribution in [1.82, 2.24) is 30.0 Å². The van der Waals surface area contributed by atoms with Gasteiger partial charge < -0.3 is 10.1 Å². The lowest BCUT2D eigenvalue weighted by Gasteiger charge is -2.14. The first-order chi connectivity index (χ1) is 15.0. The highest BCUT2D eigenvalue weighted by Gasteiger charge is 2.18. The summed E-state index contributed by atoms with van der Waals surface area (Å²) >= 11 is 0. The summed E-state index contributed by atoms with van der Waals surface area (Å²) in [6.07, 6.45) is 1.64. The summed E-state index contributed by atoms with van der Waals surface area (Å²) in [5.74, 6) is -0.616. The van der Waals surface area contributed by atoms with Crippen LogP contribution in [0.1, 0.15) is 12.7 Å². The standard InChI is InChI=1S/C21H17F2N7O/c1-3-24-18-9-17(29-30-11(2)26-28-21(18)30)14-8-16-12(10-25-27-16)6-20(14)31-19-5-4-13(22)7-15(19)23/h4-10,24H,3H2,1-2H3,(H,25,27). The van der Waals surface area contributed by atoms with E-state index in [0.717, 1.165) is 28.7 Å². The van der Waals surface area contributed by atoms with E-state index < -0.39 is 11.6 Å². The summed E-state index contributed by atoms with van der Waals surface area (Å²) in [7, 11) is 0. The second-order valence-corrected chi connectivity index (χ2v) is 6.94. The van der Waals surface area contributed by atoms with Gasteiger partial charge in [0.15, 0.2) is 17.4 Å². The number of nitrogens with one attached hydrogen (secondary N) is 2. The van der Waals surface area contributed by atoms with Crippen molar-refractivity contribution in [2.45, 2.75) is 13.8 Å². The minimum Gasteiger partial charge on any atom is -0.454 e. The lowest BCUT2D eigenvalue weighted by molar-refractivity contribution is 0.439. The maximum Gasteiger partial charge on any atom is 0.200 e. The second kappa shape index (κ2) is 7.31. The van der Waals surface area contributed by atoms with Crippen LogP contribution in [0.5, 0.6) is 11.5 Å². The maximum atomic E-state index is 14.3. The van der Waals surface area contributed by atoms with Crippen LogP contribution in [0.4, 0.5) is 14.5 Å². The Morgan fingerprint density at radius 2 is 1.97 bits per heavy atom. The van der Waals surface area contributed by atoms with Gasteiger partial charge in [-0.05, 0) is 44.2 Å². The maximum absolute atomic E-state index is 14.3. The molecule has 0 amide bonds. The van der Waals surface area contributed by atoms with E-state index in [1.807, 2.05) is 19.1 Å². The fourth-order valence-corrected chi connectivity index (χ4v) is 3.37. The summed E-state index contributed by atoms with van der Waals surface area (Å²) in [5, 5.41) is 24.0. The first-order valence-electron chi connectivity index (χ1n) is 9.61. The fraction of sp³-hybridized carbons (Fsp3) is 0.143. The number of nitrogens with zero attached hydrogens (tertiary/aromatic N) is 5. The molecule has 10 heteroatoms. The molecule has 31 heavy (non-hydrogen) atoms. The van der Waals surface area contributed by atoms with Gasteiger partial charge in [-0.1, -0.05) is 0 Å². The van der Waals surface area contributed by atoms with Crippen LogP contribution in [0.3, 0.4) is 0 Å². The number of fused-ring (bicyclic) bond motifs is 2. The van der Waals surface area contributed by atoms with Gasteiger partial charge in [0.2, 0.25) is 5.65 Å². The Kier molecular flexibility index (Phi) is 4.46. The van der Waals surface area contributed by atoms with Crippen LogP contribution in [0.2, 0.25) is 0 Å². The number of aromatic amines is 1. The first kappa shape index (κ1) is 18.9. The van der Waals surface area contributed by atoms with Crippen LogP contribution in [0.25, 0.3) is 27.8 Å². The number of aromatic nitrogens is 6. The molecule has 2 aromatic carbocycles. The molecule has 0 aliphatic rings. The summed E-state index contributed by atoms with van der Waals surface area (Å²) < 4.78 is 35.1. The highest BCUT2D eigenvalue weighted by Crippen LogP contribution is 2.37.